The van der Waals surface area contributed by atoms with E-state index >= 15 is 0 Å². The maximum absolute atomic E-state index is 13.8. The molecule has 1 amide bonds. The van der Waals surface area contributed by atoms with E-state index in [2.05, 4.69) is 4.98 Å². The largest absolute Gasteiger partial charge is 0.436 e. The van der Waals surface area contributed by atoms with Crippen LogP contribution in [0.3, 0.4) is 0 Å². The first kappa shape index (κ1) is 14.7. The minimum atomic E-state index is -4.91. The Balaban J connectivity index is 2.27. The van der Waals surface area contributed by atoms with Crippen molar-refractivity contribution in [3.63, 3.8) is 0 Å². The molecule has 0 spiro atoms. The monoisotopic (exact) mass is 290 g/mol. The fraction of sp³-hybridized carbons (Fsp3) is 0.538. The number of rotatable bonds is 1. The number of alkyl halides is 3. The fourth-order valence-electron chi connectivity index (χ4n) is 2.19. The summed E-state index contributed by atoms with van der Waals surface area (Å²) >= 11 is 0. The Morgan fingerprint density at radius 1 is 1.35 bits per heavy atom. The number of amides is 1. The molecule has 3 nitrogen and oxygen atoms in total. The molecule has 2 rings (SSSR count). The zero-order valence-electron chi connectivity index (χ0n) is 10.9. The molecule has 7 heteroatoms. The number of piperidine rings is 1. The van der Waals surface area contributed by atoms with Crippen LogP contribution in [0.2, 0.25) is 0 Å². The average Bonchev–Trinajstić information content (AvgIpc) is 2.37. The van der Waals surface area contributed by atoms with Gasteiger partial charge < -0.3 is 4.90 Å². The van der Waals surface area contributed by atoms with Crippen LogP contribution in [-0.4, -0.2) is 28.9 Å². The van der Waals surface area contributed by atoms with Crippen LogP contribution in [0.1, 0.15) is 35.8 Å². The summed E-state index contributed by atoms with van der Waals surface area (Å²) < 4.78 is 51.5. The van der Waals surface area contributed by atoms with E-state index in [4.69, 9.17) is 0 Å². The fourth-order valence-corrected chi connectivity index (χ4v) is 2.19. The highest BCUT2D eigenvalue weighted by Gasteiger charge is 2.38. The molecule has 2 heterocycles. The number of halogens is 4. The van der Waals surface area contributed by atoms with Gasteiger partial charge in [0.2, 0.25) is 0 Å². The lowest BCUT2D eigenvalue weighted by atomic mass is 9.98. The molecule has 110 valence electrons. The Kier molecular flexibility index (Phi) is 3.96. The van der Waals surface area contributed by atoms with Gasteiger partial charge in [-0.05, 0) is 24.8 Å². The number of pyridine rings is 1. The predicted octanol–water partition coefficient (Wildman–Crippen LogP) is 3.11. The molecule has 0 atom stereocenters. The van der Waals surface area contributed by atoms with Gasteiger partial charge in [-0.3, -0.25) is 4.79 Å². The van der Waals surface area contributed by atoms with Crippen LogP contribution in [0.25, 0.3) is 0 Å². The van der Waals surface area contributed by atoms with Gasteiger partial charge in [-0.2, -0.15) is 13.2 Å². The molecule has 1 aromatic heterocycles. The first-order chi connectivity index (χ1) is 9.30. The molecule has 20 heavy (non-hydrogen) atoms. The van der Waals surface area contributed by atoms with Crippen LogP contribution in [-0.2, 0) is 6.18 Å². The summed E-state index contributed by atoms with van der Waals surface area (Å²) in [4.78, 5) is 16.5. The summed E-state index contributed by atoms with van der Waals surface area (Å²) in [5.41, 5.74) is -2.21. The molecule has 0 aromatic carbocycles. The van der Waals surface area contributed by atoms with E-state index in [-0.39, 0.29) is 0 Å². The summed E-state index contributed by atoms with van der Waals surface area (Å²) in [6.07, 6.45) is -2.56. The molecule has 1 aliphatic rings. The molecular formula is C13H14F4N2O. The van der Waals surface area contributed by atoms with Crippen molar-refractivity contribution in [3.05, 3.63) is 29.3 Å². The molecule has 0 saturated carbocycles. The van der Waals surface area contributed by atoms with Crippen molar-refractivity contribution in [3.8, 4) is 0 Å². The van der Waals surface area contributed by atoms with Gasteiger partial charge in [-0.25, -0.2) is 9.37 Å². The number of hydrogen-bond acceptors (Lipinski definition) is 2. The highest BCUT2D eigenvalue weighted by molar-refractivity contribution is 5.94. The highest BCUT2D eigenvalue weighted by Crippen LogP contribution is 2.31. The minimum absolute atomic E-state index is 0.434. The van der Waals surface area contributed by atoms with Gasteiger partial charge in [0, 0.05) is 19.3 Å². The number of carbonyl (C=O) groups excluding carboxylic acids is 1. The third kappa shape index (κ3) is 2.91. The molecule has 1 aromatic rings. The van der Waals surface area contributed by atoms with Crippen molar-refractivity contribution in [1.29, 1.82) is 0 Å². The van der Waals surface area contributed by atoms with Crippen molar-refractivity contribution in [2.24, 2.45) is 5.92 Å². The number of hydrogen-bond donors (Lipinski definition) is 0. The Morgan fingerprint density at radius 3 is 2.50 bits per heavy atom. The van der Waals surface area contributed by atoms with E-state index in [9.17, 15) is 22.4 Å². The Hall–Kier alpha value is -1.66. The second kappa shape index (κ2) is 5.38. The van der Waals surface area contributed by atoms with Gasteiger partial charge in [0.05, 0.1) is 5.56 Å². The molecule has 0 aliphatic carbocycles. The van der Waals surface area contributed by atoms with Crippen LogP contribution >= 0.6 is 0 Å². The van der Waals surface area contributed by atoms with E-state index in [0.29, 0.717) is 19.0 Å². The van der Waals surface area contributed by atoms with Crippen LogP contribution in [0.5, 0.6) is 0 Å². The molecule has 1 aliphatic heterocycles. The van der Waals surface area contributed by atoms with Gasteiger partial charge in [-0.1, -0.05) is 6.92 Å². The topological polar surface area (TPSA) is 33.2 Å². The summed E-state index contributed by atoms with van der Waals surface area (Å²) in [6.45, 7) is 2.91. The van der Waals surface area contributed by atoms with Crippen LogP contribution in [0.15, 0.2) is 12.3 Å². The van der Waals surface area contributed by atoms with Crippen molar-refractivity contribution >= 4 is 5.91 Å². The number of likely N-dealkylation sites (tertiary alicyclic amines) is 1. The smallest absolute Gasteiger partial charge is 0.339 e. The summed E-state index contributed by atoms with van der Waals surface area (Å²) in [5.74, 6) is -1.84. The van der Waals surface area contributed by atoms with Gasteiger partial charge >= 0.3 is 6.18 Å². The van der Waals surface area contributed by atoms with Crippen molar-refractivity contribution in [2.45, 2.75) is 25.9 Å². The normalized spacial score (nSPS) is 17.4. The van der Waals surface area contributed by atoms with Gasteiger partial charge in [0.25, 0.3) is 5.91 Å². The van der Waals surface area contributed by atoms with Crippen molar-refractivity contribution in [1.82, 2.24) is 9.88 Å². The van der Waals surface area contributed by atoms with E-state index in [0.717, 1.165) is 25.1 Å². The summed E-state index contributed by atoms with van der Waals surface area (Å²) in [6, 6.07) is 0.991. The number of carbonyl (C=O) groups is 1. The van der Waals surface area contributed by atoms with E-state index in [1.807, 2.05) is 6.92 Å². The second-order valence-electron chi connectivity index (χ2n) is 4.99. The third-order valence-corrected chi connectivity index (χ3v) is 3.46. The van der Waals surface area contributed by atoms with Gasteiger partial charge in [-0.15, -0.1) is 0 Å². The van der Waals surface area contributed by atoms with Gasteiger partial charge in [0.15, 0.2) is 11.5 Å². The minimum Gasteiger partial charge on any atom is -0.339 e. The van der Waals surface area contributed by atoms with E-state index in [1.54, 1.807) is 0 Å². The van der Waals surface area contributed by atoms with Gasteiger partial charge in [0.1, 0.15) is 0 Å². The SMILES string of the molecule is CC1CCN(C(=O)c2ccnc(C(F)(F)F)c2F)CC1. The zero-order valence-corrected chi connectivity index (χ0v) is 10.9. The molecule has 1 fully saturated rings. The van der Waals surface area contributed by atoms with E-state index < -0.39 is 29.2 Å². The highest BCUT2D eigenvalue weighted by atomic mass is 19.4. The maximum atomic E-state index is 13.8. The van der Waals surface area contributed by atoms with Crippen molar-refractivity contribution in [2.75, 3.05) is 13.1 Å². The lowest BCUT2D eigenvalue weighted by Crippen LogP contribution is -2.38. The zero-order chi connectivity index (χ0) is 14.9. The maximum Gasteiger partial charge on any atom is 0.436 e. The van der Waals surface area contributed by atoms with E-state index in [1.165, 1.54) is 4.90 Å². The predicted molar refractivity (Wildman–Crippen MR) is 63.5 cm³/mol. The Bertz CT molecular complexity index is 508. The summed E-state index contributed by atoms with van der Waals surface area (Å²) in [5, 5.41) is 0. The lowest BCUT2D eigenvalue weighted by Gasteiger charge is -2.30. The van der Waals surface area contributed by atoms with Crippen LogP contribution in [0.4, 0.5) is 17.6 Å². The first-order valence-corrected chi connectivity index (χ1v) is 6.31. The first-order valence-electron chi connectivity index (χ1n) is 6.31. The standard InChI is InChI=1S/C13H14F4N2O/c1-8-3-6-19(7-4-8)12(20)9-2-5-18-11(10(9)14)13(15,16)17/h2,5,8H,3-4,6-7H2,1H3. The average molecular weight is 290 g/mol. The number of nitrogens with zero attached hydrogens (tertiary/aromatic N) is 2. The second-order valence-corrected chi connectivity index (χ2v) is 4.99. The van der Waals surface area contributed by atoms with Crippen LogP contribution < -0.4 is 0 Å². The Labute approximate surface area is 113 Å². The lowest BCUT2D eigenvalue weighted by molar-refractivity contribution is -0.143. The van der Waals surface area contributed by atoms with Crippen molar-refractivity contribution < 1.29 is 22.4 Å². The summed E-state index contributed by atoms with van der Waals surface area (Å²) in [7, 11) is 0. The van der Waals surface area contributed by atoms with Crippen LogP contribution in [0, 0.1) is 11.7 Å². The molecule has 0 N–H and O–H groups in total. The molecule has 0 bridgehead atoms. The molecule has 1 saturated heterocycles. The third-order valence-electron chi connectivity index (χ3n) is 3.46. The molecule has 0 unspecified atom stereocenters. The molecular weight excluding hydrogens is 276 g/mol. The molecule has 0 radical (unpaired) electrons. The Morgan fingerprint density at radius 2 is 1.95 bits per heavy atom. The number of aromatic nitrogens is 1. The quantitative estimate of drug-likeness (QED) is 0.745.